The van der Waals surface area contributed by atoms with E-state index in [2.05, 4.69) is 17.4 Å². The van der Waals surface area contributed by atoms with Crippen LogP contribution in [0, 0.1) is 0 Å². The number of nitrogens with one attached hydrogen (secondary N) is 1. The van der Waals surface area contributed by atoms with Crippen LogP contribution >= 0.6 is 0 Å². The van der Waals surface area contributed by atoms with E-state index in [1.807, 2.05) is 32.0 Å². The van der Waals surface area contributed by atoms with Crippen LogP contribution in [0.4, 0.5) is 0 Å². The minimum atomic E-state index is -0.674. The molecule has 21 heavy (non-hydrogen) atoms. The summed E-state index contributed by atoms with van der Waals surface area (Å²) in [6.45, 7) is 5.26. The van der Waals surface area contributed by atoms with Crippen molar-refractivity contribution in [3.05, 3.63) is 35.9 Å². The van der Waals surface area contributed by atoms with Crippen LogP contribution in [0.5, 0.6) is 0 Å². The molecule has 1 aromatic carbocycles. The molecule has 0 aromatic heterocycles. The fraction of sp³-hybridized carbons (Fsp3) is 0.625. The van der Waals surface area contributed by atoms with Gasteiger partial charge in [-0.2, -0.15) is 0 Å². The van der Waals surface area contributed by atoms with Crippen LogP contribution in [0.1, 0.15) is 25.8 Å². The second-order valence-electron chi connectivity index (χ2n) is 6.08. The molecule has 116 valence electrons. The first-order valence-electron chi connectivity index (χ1n) is 7.49. The van der Waals surface area contributed by atoms with Crippen molar-refractivity contribution in [1.82, 2.24) is 5.32 Å². The molecular weight excluding hydrogens is 270 g/mol. The fourth-order valence-electron chi connectivity index (χ4n) is 2.87. The first-order valence-corrected chi connectivity index (χ1v) is 7.49. The molecule has 0 spiro atoms. The summed E-state index contributed by atoms with van der Waals surface area (Å²) >= 11 is 0. The van der Waals surface area contributed by atoms with E-state index in [0.29, 0.717) is 0 Å². The number of hydrogen-bond acceptors (Lipinski definition) is 5. The highest BCUT2D eigenvalue weighted by Gasteiger charge is 2.53. The highest BCUT2D eigenvalue weighted by Crippen LogP contribution is 2.37. The van der Waals surface area contributed by atoms with Crippen LogP contribution in [0.2, 0.25) is 0 Å². The molecule has 3 rings (SSSR count). The van der Waals surface area contributed by atoms with Crippen molar-refractivity contribution in [1.29, 1.82) is 0 Å². The first-order chi connectivity index (χ1) is 10.1. The summed E-state index contributed by atoms with van der Waals surface area (Å²) in [6.07, 6.45) is -0.961. The number of rotatable bonds is 5. The minimum absolute atomic E-state index is 0.237. The molecule has 2 fully saturated rings. The van der Waals surface area contributed by atoms with Crippen molar-refractivity contribution in [3.8, 4) is 0 Å². The van der Waals surface area contributed by atoms with E-state index in [4.69, 9.17) is 14.2 Å². The van der Waals surface area contributed by atoms with Gasteiger partial charge in [-0.25, -0.2) is 0 Å². The van der Waals surface area contributed by atoms with Gasteiger partial charge in [0.15, 0.2) is 12.1 Å². The van der Waals surface area contributed by atoms with Gasteiger partial charge < -0.3 is 24.6 Å². The summed E-state index contributed by atoms with van der Waals surface area (Å²) in [6, 6.07) is 10.2. The lowest BCUT2D eigenvalue weighted by Gasteiger charge is -2.23. The SMILES string of the molecule is CC1(C)O[C@H]2O[C@H](CCNCc3ccccc3)[C@H](O)[C@H]2O1. The van der Waals surface area contributed by atoms with Gasteiger partial charge in [0.05, 0.1) is 6.10 Å². The lowest BCUT2D eigenvalue weighted by molar-refractivity contribution is -0.215. The molecule has 5 heteroatoms. The highest BCUT2D eigenvalue weighted by molar-refractivity contribution is 5.14. The average molecular weight is 293 g/mol. The molecule has 0 bridgehead atoms. The predicted molar refractivity (Wildman–Crippen MR) is 77.5 cm³/mol. The van der Waals surface area contributed by atoms with Gasteiger partial charge >= 0.3 is 0 Å². The first kappa shape index (κ1) is 14.9. The second-order valence-corrected chi connectivity index (χ2v) is 6.08. The lowest BCUT2D eigenvalue weighted by atomic mass is 10.1. The Hall–Kier alpha value is -0.980. The summed E-state index contributed by atoms with van der Waals surface area (Å²) < 4.78 is 17.0. The van der Waals surface area contributed by atoms with Crippen LogP contribution in [-0.4, -0.2) is 42.0 Å². The van der Waals surface area contributed by atoms with E-state index in [-0.39, 0.29) is 12.2 Å². The molecular formula is C16H23NO4. The van der Waals surface area contributed by atoms with Crippen LogP contribution in [0.25, 0.3) is 0 Å². The van der Waals surface area contributed by atoms with Crippen LogP contribution in [0.15, 0.2) is 30.3 Å². The maximum Gasteiger partial charge on any atom is 0.190 e. The third kappa shape index (κ3) is 3.44. The summed E-state index contributed by atoms with van der Waals surface area (Å²) in [5.41, 5.74) is 1.25. The Balaban J connectivity index is 1.41. The number of hydrogen-bond donors (Lipinski definition) is 2. The maximum atomic E-state index is 10.2. The fourth-order valence-corrected chi connectivity index (χ4v) is 2.87. The average Bonchev–Trinajstić information content (AvgIpc) is 2.90. The van der Waals surface area contributed by atoms with Crippen molar-refractivity contribution >= 4 is 0 Å². The monoisotopic (exact) mass is 293 g/mol. The van der Waals surface area contributed by atoms with Crippen LogP contribution in [0.3, 0.4) is 0 Å². The molecule has 4 atom stereocenters. The Morgan fingerprint density at radius 2 is 1.95 bits per heavy atom. The molecule has 2 aliphatic rings. The Morgan fingerprint density at radius 1 is 1.19 bits per heavy atom. The Bertz CT molecular complexity index is 465. The molecule has 0 amide bonds. The van der Waals surface area contributed by atoms with Gasteiger partial charge in [-0.05, 0) is 32.4 Å². The molecule has 0 saturated carbocycles. The normalized spacial score (nSPS) is 34.0. The molecule has 2 aliphatic heterocycles. The van der Waals surface area contributed by atoms with Gasteiger partial charge in [0.1, 0.15) is 12.2 Å². The molecule has 2 heterocycles. The number of aliphatic hydroxyl groups excluding tert-OH is 1. The van der Waals surface area contributed by atoms with Gasteiger partial charge in [-0.3, -0.25) is 0 Å². The van der Waals surface area contributed by atoms with Gasteiger partial charge in [0.2, 0.25) is 0 Å². The Morgan fingerprint density at radius 3 is 2.67 bits per heavy atom. The van der Waals surface area contributed by atoms with Crippen LogP contribution < -0.4 is 5.32 Å². The van der Waals surface area contributed by atoms with E-state index in [1.165, 1.54) is 5.56 Å². The summed E-state index contributed by atoms with van der Waals surface area (Å²) in [5, 5.41) is 13.6. The van der Waals surface area contributed by atoms with Crippen molar-refractivity contribution in [2.45, 2.75) is 57.2 Å². The van der Waals surface area contributed by atoms with E-state index in [9.17, 15) is 5.11 Å². The Labute approximate surface area is 125 Å². The van der Waals surface area contributed by atoms with Gasteiger partial charge in [0.25, 0.3) is 0 Å². The van der Waals surface area contributed by atoms with E-state index >= 15 is 0 Å². The standard InChI is InChI=1S/C16H23NO4/c1-16(2)20-14-13(18)12(19-15(14)21-16)8-9-17-10-11-6-4-3-5-7-11/h3-7,12-15,17-18H,8-10H2,1-2H3/t12-,13+,14-,15-/m1/s1. The zero-order chi connectivity index (χ0) is 14.9. The zero-order valence-electron chi connectivity index (χ0n) is 12.5. The van der Waals surface area contributed by atoms with Gasteiger partial charge in [0, 0.05) is 6.54 Å². The number of aliphatic hydroxyl groups is 1. The third-order valence-electron chi connectivity index (χ3n) is 3.89. The molecule has 2 saturated heterocycles. The molecule has 1 aromatic rings. The second kappa shape index (κ2) is 6.02. The topological polar surface area (TPSA) is 60.0 Å². The van der Waals surface area contributed by atoms with Gasteiger partial charge in [-0.15, -0.1) is 0 Å². The van der Waals surface area contributed by atoms with Crippen molar-refractivity contribution in [2.75, 3.05) is 6.54 Å². The van der Waals surface area contributed by atoms with E-state index in [0.717, 1.165) is 19.5 Å². The maximum absolute atomic E-state index is 10.2. The molecule has 0 aliphatic carbocycles. The smallest absolute Gasteiger partial charge is 0.190 e. The molecule has 2 N–H and O–H groups in total. The van der Waals surface area contributed by atoms with Crippen LogP contribution in [-0.2, 0) is 20.8 Å². The van der Waals surface area contributed by atoms with Gasteiger partial charge in [-0.1, -0.05) is 30.3 Å². The quantitative estimate of drug-likeness (QED) is 0.804. The largest absolute Gasteiger partial charge is 0.387 e. The third-order valence-corrected chi connectivity index (χ3v) is 3.89. The number of fused-ring (bicyclic) bond motifs is 1. The summed E-state index contributed by atoms with van der Waals surface area (Å²) in [7, 11) is 0. The Kier molecular flexibility index (Phi) is 4.28. The van der Waals surface area contributed by atoms with E-state index in [1.54, 1.807) is 0 Å². The summed E-state index contributed by atoms with van der Waals surface area (Å²) in [4.78, 5) is 0. The molecule has 0 radical (unpaired) electrons. The minimum Gasteiger partial charge on any atom is -0.387 e. The van der Waals surface area contributed by atoms with E-state index < -0.39 is 18.2 Å². The molecule has 0 unspecified atom stereocenters. The predicted octanol–water partition coefficient (Wildman–Crippen LogP) is 1.40. The highest BCUT2D eigenvalue weighted by atomic mass is 16.8. The van der Waals surface area contributed by atoms with Crippen molar-refractivity contribution < 1.29 is 19.3 Å². The van der Waals surface area contributed by atoms with Crippen molar-refractivity contribution in [2.24, 2.45) is 0 Å². The van der Waals surface area contributed by atoms with Crippen molar-refractivity contribution in [3.63, 3.8) is 0 Å². The molecule has 5 nitrogen and oxygen atoms in total. The zero-order valence-corrected chi connectivity index (χ0v) is 12.5. The lowest BCUT2D eigenvalue weighted by Crippen LogP contribution is -2.35. The number of benzene rings is 1. The summed E-state index contributed by atoms with van der Waals surface area (Å²) in [5.74, 6) is -0.674. The number of ether oxygens (including phenoxy) is 3.